The van der Waals surface area contributed by atoms with Crippen molar-refractivity contribution in [3.63, 3.8) is 0 Å². The molecule has 2 aromatic carbocycles. The second-order valence-corrected chi connectivity index (χ2v) is 6.75. The van der Waals surface area contributed by atoms with E-state index in [1.165, 1.54) is 23.3 Å². The third kappa shape index (κ3) is 5.25. The van der Waals surface area contributed by atoms with Crippen molar-refractivity contribution in [2.24, 2.45) is 0 Å². The normalized spacial score (nSPS) is 12.4. The summed E-state index contributed by atoms with van der Waals surface area (Å²) < 4.78 is 15.1. The average Bonchev–Trinajstić information content (AvgIpc) is 3.19. The Hall–Kier alpha value is -2.50. The quantitative estimate of drug-likeness (QED) is 0.625. The first kappa shape index (κ1) is 19.3. The maximum absolute atomic E-state index is 13.2. The van der Waals surface area contributed by atoms with Crippen LogP contribution in [0.4, 0.5) is 4.39 Å². The fourth-order valence-electron chi connectivity index (χ4n) is 3.29. The molecule has 0 unspecified atom stereocenters. The van der Waals surface area contributed by atoms with Crippen molar-refractivity contribution in [2.45, 2.75) is 39.0 Å². The molecule has 0 aliphatic rings. The number of halogens is 1. The summed E-state index contributed by atoms with van der Waals surface area (Å²) in [7, 11) is 0. The van der Waals surface area contributed by atoms with E-state index in [1.807, 2.05) is 41.2 Å². The van der Waals surface area contributed by atoms with Crippen LogP contribution in [0.1, 0.15) is 30.0 Å². The van der Waals surface area contributed by atoms with E-state index in [-0.39, 0.29) is 18.5 Å². The van der Waals surface area contributed by atoms with Gasteiger partial charge in [-0.15, -0.1) is 0 Å². The molecule has 3 rings (SSSR count). The lowest BCUT2D eigenvalue weighted by molar-refractivity contribution is 0.106. The van der Waals surface area contributed by atoms with Crippen LogP contribution in [-0.2, 0) is 19.6 Å². The number of hydrogen-bond acceptors (Lipinski definition) is 3. The predicted molar refractivity (Wildman–Crippen MR) is 105 cm³/mol. The van der Waals surface area contributed by atoms with Gasteiger partial charge in [-0.05, 0) is 41.3 Å². The fourth-order valence-corrected chi connectivity index (χ4v) is 3.29. The Morgan fingerprint density at radius 3 is 2.41 bits per heavy atom. The third-order valence-corrected chi connectivity index (χ3v) is 4.88. The van der Waals surface area contributed by atoms with Gasteiger partial charge in [0.1, 0.15) is 5.82 Å². The van der Waals surface area contributed by atoms with E-state index in [2.05, 4.69) is 29.1 Å². The van der Waals surface area contributed by atoms with Crippen molar-refractivity contribution >= 4 is 0 Å². The van der Waals surface area contributed by atoms with Gasteiger partial charge in [0.25, 0.3) is 0 Å². The van der Waals surface area contributed by atoms with Crippen molar-refractivity contribution in [2.75, 3.05) is 6.61 Å². The molecule has 1 atom stereocenters. The molecule has 3 aromatic rings. The van der Waals surface area contributed by atoms with Crippen molar-refractivity contribution in [3.05, 3.63) is 89.5 Å². The summed E-state index contributed by atoms with van der Waals surface area (Å²) in [5, 5.41) is 14.2. The van der Waals surface area contributed by atoms with Crippen molar-refractivity contribution in [1.29, 1.82) is 0 Å². The van der Waals surface area contributed by atoms with Gasteiger partial charge in [0.2, 0.25) is 0 Å². The zero-order valence-electron chi connectivity index (χ0n) is 15.6. The number of benzene rings is 2. The summed E-state index contributed by atoms with van der Waals surface area (Å²) in [6, 6.07) is 16.9. The zero-order valence-corrected chi connectivity index (χ0v) is 15.6. The van der Waals surface area contributed by atoms with Crippen molar-refractivity contribution < 1.29 is 9.50 Å². The molecule has 27 heavy (non-hydrogen) atoms. The Labute approximate surface area is 159 Å². The predicted octanol–water partition coefficient (Wildman–Crippen LogP) is 3.84. The highest BCUT2D eigenvalue weighted by Gasteiger charge is 2.18. The lowest BCUT2D eigenvalue weighted by Crippen LogP contribution is -2.36. The van der Waals surface area contributed by atoms with Crippen molar-refractivity contribution in [1.82, 2.24) is 14.7 Å². The summed E-state index contributed by atoms with van der Waals surface area (Å²) >= 11 is 0. The van der Waals surface area contributed by atoms with Gasteiger partial charge in [-0.25, -0.2) is 4.39 Å². The minimum absolute atomic E-state index is 0.0489. The van der Waals surface area contributed by atoms with Crippen LogP contribution in [0.25, 0.3) is 0 Å². The highest BCUT2D eigenvalue weighted by atomic mass is 19.1. The molecule has 0 saturated heterocycles. The van der Waals surface area contributed by atoms with Gasteiger partial charge in [0.15, 0.2) is 0 Å². The maximum Gasteiger partial charge on any atom is 0.123 e. The number of rotatable bonds is 9. The second-order valence-electron chi connectivity index (χ2n) is 6.75. The van der Waals surface area contributed by atoms with Gasteiger partial charge in [0, 0.05) is 31.5 Å². The number of nitrogens with zero attached hydrogens (tertiary/aromatic N) is 3. The SMILES string of the molecule is CC[C@@H](CO)N(Cc1ccc(F)cc1)Cc1ccccc1Cn1cccn1. The molecule has 4 nitrogen and oxygen atoms in total. The molecule has 1 heterocycles. The minimum atomic E-state index is -0.232. The van der Waals surface area contributed by atoms with E-state index in [1.54, 1.807) is 6.20 Å². The van der Waals surface area contributed by atoms with Crippen LogP contribution < -0.4 is 0 Å². The molecule has 0 saturated carbocycles. The number of aromatic nitrogens is 2. The number of aliphatic hydroxyl groups excluding tert-OH is 1. The van der Waals surface area contributed by atoms with Gasteiger partial charge in [-0.1, -0.05) is 43.3 Å². The summed E-state index contributed by atoms with van der Waals surface area (Å²) in [5.41, 5.74) is 3.45. The Kier molecular flexibility index (Phi) is 6.74. The topological polar surface area (TPSA) is 41.3 Å². The Balaban J connectivity index is 1.82. The van der Waals surface area contributed by atoms with Gasteiger partial charge in [-0.2, -0.15) is 5.10 Å². The van der Waals surface area contributed by atoms with Gasteiger partial charge >= 0.3 is 0 Å². The van der Waals surface area contributed by atoms with E-state index in [0.717, 1.165) is 12.0 Å². The van der Waals surface area contributed by atoms with Gasteiger partial charge in [0.05, 0.1) is 13.2 Å². The Morgan fingerprint density at radius 1 is 1.04 bits per heavy atom. The van der Waals surface area contributed by atoms with Gasteiger partial charge in [-0.3, -0.25) is 9.58 Å². The third-order valence-electron chi connectivity index (χ3n) is 4.88. The molecule has 0 fully saturated rings. The molecule has 0 aliphatic carbocycles. The summed E-state index contributed by atoms with van der Waals surface area (Å²) in [6.07, 6.45) is 4.58. The molecule has 0 bridgehead atoms. The molecule has 142 valence electrons. The Bertz CT molecular complexity index is 814. The van der Waals surface area contributed by atoms with E-state index in [0.29, 0.717) is 19.6 Å². The lowest BCUT2D eigenvalue weighted by atomic mass is 10.0. The van der Waals surface area contributed by atoms with Crippen molar-refractivity contribution in [3.8, 4) is 0 Å². The molecular formula is C22H26FN3O. The number of hydrogen-bond donors (Lipinski definition) is 1. The standard InChI is InChI=1S/C22H26FN3O/c1-2-22(17-27)25(14-18-8-10-21(23)11-9-18)15-19-6-3-4-7-20(19)16-26-13-5-12-24-26/h3-13,22,27H,2,14-17H2,1H3/t22-/m0/s1. The lowest BCUT2D eigenvalue weighted by Gasteiger charge is -2.30. The van der Waals surface area contributed by atoms with Crippen LogP contribution in [0.5, 0.6) is 0 Å². The summed E-state index contributed by atoms with van der Waals surface area (Å²) in [5.74, 6) is -0.232. The monoisotopic (exact) mass is 367 g/mol. The minimum Gasteiger partial charge on any atom is -0.395 e. The van der Waals surface area contributed by atoms with E-state index in [4.69, 9.17) is 0 Å². The van der Waals surface area contributed by atoms with Crippen LogP contribution in [0.15, 0.2) is 67.0 Å². The number of aliphatic hydroxyl groups is 1. The summed E-state index contributed by atoms with van der Waals surface area (Å²) in [6.45, 7) is 4.26. The first-order valence-corrected chi connectivity index (χ1v) is 9.33. The van der Waals surface area contributed by atoms with E-state index >= 15 is 0 Å². The molecule has 1 N–H and O–H groups in total. The molecule has 0 aliphatic heterocycles. The first-order chi connectivity index (χ1) is 13.2. The molecule has 0 amide bonds. The van der Waals surface area contributed by atoms with Crippen LogP contribution in [-0.4, -0.2) is 32.4 Å². The molecule has 0 radical (unpaired) electrons. The van der Waals surface area contributed by atoms with E-state index in [9.17, 15) is 9.50 Å². The van der Waals surface area contributed by atoms with Gasteiger partial charge < -0.3 is 5.11 Å². The Morgan fingerprint density at radius 2 is 1.78 bits per heavy atom. The highest BCUT2D eigenvalue weighted by molar-refractivity contribution is 5.27. The first-order valence-electron chi connectivity index (χ1n) is 9.33. The fraction of sp³-hybridized carbons (Fsp3) is 0.318. The second kappa shape index (κ2) is 9.44. The largest absolute Gasteiger partial charge is 0.395 e. The van der Waals surface area contributed by atoms with Crippen LogP contribution in [0.3, 0.4) is 0 Å². The maximum atomic E-state index is 13.2. The van der Waals surface area contributed by atoms with Crippen LogP contribution in [0, 0.1) is 5.82 Å². The van der Waals surface area contributed by atoms with Crippen LogP contribution in [0.2, 0.25) is 0 Å². The highest BCUT2D eigenvalue weighted by Crippen LogP contribution is 2.19. The smallest absolute Gasteiger partial charge is 0.123 e. The molecule has 1 aromatic heterocycles. The zero-order chi connectivity index (χ0) is 19.1. The van der Waals surface area contributed by atoms with E-state index < -0.39 is 0 Å². The molecule has 5 heteroatoms. The molecular weight excluding hydrogens is 341 g/mol. The average molecular weight is 367 g/mol. The molecule has 0 spiro atoms. The summed E-state index contributed by atoms with van der Waals surface area (Å²) in [4.78, 5) is 2.26. The van der Waals surface area contributed by atoms with Crippen LogP contribution >= 0.6 is 0 Å².